The first kappa shape index (κ1) is 15.0. The lowest BCUT2D eigenvalue weighted by Gasteiger charge is -2.09. The van der Waals surface area contributed by atoms with Gasteiger partial charge in [-0.15, -0.1) is 11.3 Å². The maximum Gasteiger partial charge on any atom is 0.341 e. The van der Waals surface area contributed by atoms with Gasteiger partial charge in [0.2, 0.25) is 5.91 Å². The molecule has 0 radical (unpaired) electrons. The predicted molar refractivity (Wildman–Crippen MR) is 79.3 cm³/mol. The number of amides is 1. The minimum absolute atomic E-state index is 0.0165. The molecule has 1 aliphatic rings. The molecule has 1 aromatic heterocycles. The van der Waals surface area contributed by atoms with E-state index < -0.39 is 0 Å². The molecular weight excluding hydrogens is 276 g/mol. The zero-order valence-corrected chi connectivity index (χ0v) is 12.6. The first-order valence-electron chi connectivity index (χ1n) is 6.97. The van der Waals surface area contributed by atoms with Crippen LogP contribution in [0.4, 0.5) is 5.00 Å². The fraction of sp³-hybridized carbons (Fsp3) is 0.571. The van der Waals surface area contributed by atoms with E-state index in [1.54, 1.807) is 6.92 Å². The van der Waals surface area contributed by atoms with E-state index in [1.165, 1.54) is 11.3 Å². The quantitative estimate of drug-likeness (QED) is 0.816. The summed E-state index contributed by atoms with van der Waals surface area (Å²) < 4.78 is 5.04. The van der Waals surface area contributed by atoms with Crippen LogP contribution in [0.5, 0.6) is 0 Å². The molecule has 20 heavy (non-hydrogen) atoms. The third-order valence-corrected chi connectivity index (χ3v) is 4.49. The van der Waals surface area contributed by atoms with Crippen molar-refractivity contribution in [2.24, 2.45) is 5.92 Å². The van der Waals surface area contributed by atoms with Crippen LogP contribution in [0.25, 0.3) is 0 Å². The van der Waals surface area contributed by atoms with Gasteiger partial charge in [-0.05, 0) is 32.4 Å². The van der Waals surface area contributed by atoms with Gasteiger partial charge in [0.15, 0.2) is 0 Å². The maximum atomic E-state index is 12.1. The van der Waals surface area contributed by atoms with Gasteiger partial charge in [-0.2, -0.15) is 0 Å². The Morgan fingerprint density at radius 1 is 1.50 bits per heavy atom. The molecule has 1 amide bonds. The summed E-state index contributed by atoms with van der Waals surface area (Å²) in [5.74, 6) is -0.412. The summed E-state index contributed by atoms with van der Waals surface area (Å²) in [4.78, 5) is 25.1. The number of carbonyl (C=O) groups excluding carboxylic acids is 2. The Labute approximate surface area is 122 Å². The number of aryl methyl sites for hydroxylation is 1. The normalized spacial score (nSPS) is 18.0. The number of hydrogen-bond acceptors (Lipinski definition) is 5. The van der Waals surface area contributed by atoms with Gasteiger partial charge in [0.25, 0.3) is 0 Å². The molecule has 2 rings (SSSR count). The Bertz CT molecular complexity index is 493. The molecule has 110 valence electrons. The number of anilines is 1. The Morgan fingerprint density at radius 3 is 2.90 bits per heavy atom. The van der Waals surface area contributed by atoms with Crippen molar-refractivity contribution in [2.45, 2.75) is 26.7 Å². The van der Waals surface area contributed by atoms with Crippen molar-refractivity contribution in [1.82, 2.24) is 5.32 Å². The lowest BCUT2D eigenvalue weighted by atomic mass is 10.1. The second-order valence-corrected chi connectivity index (χ2v) is 5.85. The van der Waals surface area contributed by atoms with Crippen molar-refractivity contribution in [3.63, 3.8) is 0 Å². The molecule has 1 unspecified atom stereocenters. The highest BCUT2D eigenvalue weighted by molar-refractivity contribution is 7.16. The lowest BCUT2D eigenvalue weighted by molar-refractivity contribution is -0.119. The van der Waals surface area contributed by atoms with E-state index in [0.717, 1.165) is 24.3 Å². The van der Waals surface area contributed by atoms with Gasteiger partial charge >= 0.3 is 5.97 Å². The van der Waals surface area contributed by atoms with Gasteiger partial charge in [-0.3, -0.25) is 4.79 Å². The van der Waals surface area contributed by atoms with Gasteiger partial charge in [0.1, 0.15) is 5.00 Å². The second-order valence-electron chi connectivity index (χ2n) is 4.71. The molecule has 1 aromatic rings. The maximum absolute atomic E-state index is 12.1. The van der Waals surface area contributed by atoms with Crippen molar-refractivity contribution < 1.29 is 14.3 Å². The van der Waals surface area contributed by atoms with E-state index in [9.17, 15) is 9.59 Å². The zero-order chi connectivity index (χ0) is 14.5. The molecular formula is C14H20N2O3S. The minimum Gasteiger partial charge on any atom is -0.462 e. The monoisotopic (exact) mass is 296 g/mol. The molecule has 1 aliphatic heterocycles. The molecule has 1 atom stereocenters. The van der Waals surface area contributed by atoms with Gasteiger partial charge in [0, 0.05) is 11.4 Å². The number of nitrogens with one attached hydrogen (secondary N) is 2. The van der Waals surface area contributed by atoms with E-state index in [0.29, 0.717) is 23.7 Å². The van der Waals surface area contributed by atoms with Crippen LogP contribution < -0.4 is 10.6 Å². The summed E-state index contributed by atoms with van der Waals surface area (Å²) >= 11 is 1.45. The van der Waals surface area contributed by atoms with Crippen LogP contribution in [0, 0.1) is 5.92 Å². The Morgan fingerprint density at radius 2 is 2.30 bits per heavy atom. The van der Waals surface area contributed by atoms with Gasteiger partial charge < -0.3 is 15.4 Å². The Balaban J connectivity index is 2.14. The van der Waals surface area contributed by atoms with Crippen LogP contribution >= 0.6 is 11.3 Å². The van der Waals surface area contributed by atoms with Crippen LogP contribution in [0.1, 0.15) is 35.5 Å². The van der Waals surface area contributed by atoms with E-state index in [1.807, 2.05) is 13.0 Å². The molecule has 2 N–H and O–H groups in total. The third kappa shape index (κ3) is 3.37. The van der Waals surface area contributed by atoms with Gasteiger partial charge in [0.05, 0.1) is 18.1 Å². The van der Waals surface area contributed by atoms with Crippen LogP contribution in [-0.2, 0) is 16.0 Å². The molecule has 6 heteroatoms. The fourth-order valence-electron chi connectivity index (χ4n) is 2.16. The number of ether oxygens (including phenoxy) is 1. The number of carbonyl (C=O) groups is 2. The van der Waals surface area contributed by atoms with E-state index >= 15 is 0 Å². The first-order chi connectivity index (χ1) is 9.65. The summed E-state index contributed by atoms with van der Waals surface area (Å²) in [5, 5.41) is 6.66. The van der Waals surface area contributed by atoms with E-state index in [2.05, 4.69) is 10.6 Å². The van der Waals surface area contributed by atoms with Crippen LogP contribution in [0.2, 0.25) is 0 Å². The summed E-state index contributed by atoms with van der Waals surface area (Å²) in [7, 11) is 0. The topological polar surface area (TPSA) is 67.4 Å². The SMILES string of the molecule is CCOC(=O)c1cc(CC)sc1NC(=O)C1CCNC1. The second kappa shape index (κ2) is 6.85. The standard InChI is InChI=1S/C14H20N2O3S/c1-3-10-7-11(14(18)19-4-2)13(20-10)16-12(17)9-5-6-15-8-9/h7,9,15H,3-6,8H2,1-2H3,(H,16,17). The predicted octanol–water partition coefficient (Wildman–Crippen LogP) is 2.04. The van der Waals surface area contributed by atoms with Crippen LogP contribution in [0.15, 0.2) is 6.07 Å². The summed E-state index contributed by atoms with van der Waals surface area (Å²) in [6.07, 6.45) is 1.67. The van der Waals surface area contributed by atoms with Crippen LogP contribution in [-0.4, -0.2) is 31.6 Å². The Kier molecular flexibility index (Phi) is 5.14. The van der Waals surface area contributed by atoms with Crippen molar-refractivity contribution in [1.29, 1.82) is 0 Å². The fourth-order valence-corrected chi connectivity index (χ4v) is 3.15. The number of hydrogen-bond donors (Lipinski definition) is 2. The zero-order valence-electron chi connectivity index (χ0n) is 11.8. The van der Waals surface area contributed by atoms with Crippen molar-refractivity contribution in [3.8, 4) is 0 Å². The largest absolute Gasteiger partial charge is 0.462 e. The average molecular weight is 296 g/mol. The summed E-state index contributed by atoms with van der Waals surface area (Å²) in [6.45, 7) is 5.69. The molecule has 0 aliphatic carbocycles. The highest BCUT2D eigenvalue weighted by atomic mass is 32.1. The summed E-state index contributed by atoms with van der Waals surface area (Å²) in [5.41, 5.74) is 0.466. The minimum atomic E-state index is -0.372. The Hall–Kier alpha value is -1.40. The lowest BCUT2D eigenvalue weighted by Crippen LogP contribution is -2.25. The van der Waals surface area contributed by atoms with Crippen molar-refractivity contribution in [2.75, 3.05) is 25.0 Å². The smallest absolute Gasteiger partial charge is 0.341 e. The first-order valence-corrected chi connectivity index (χ1v) is 7.78. The highest BCUT2D eigenvalue weighted by Crippen LogP contribution is 2.30. The van der Waals surface area contributed by atoms with Gasteiger partial charge in [-0.1, -0.05) is 6.92 Å². The molecule has 0 aromatic carbocycles. The molecule has 0 saturated carbocycles. The molecule has 0 bridgehead atoms. The van der Waals surface area contributed by atoms with Gasteiger partial charge in [-0.25, -0.2) is 4.79 Å². The van der Waals surface area contributed by atoms with Crippen LogP contribution in [0.3, 0.4) is 0 Å². The molecule has 1 saturated heterocycles. The summed E-state index contributed by atoms with van der Waals surface area (Å²) in [6, 6.07) is 1.81. The molecule has 1 fully saturated rings. The molecule has 2 heterocycles. The number of thiophene rings is 1. The average Bonchev–Trinajstić information content (AvgIpc) is 3.08. The highest BCUT2D eigenvalue weighted by Gasteiger charge is 2.25. The van der Waals surface area contributed by atoms with Crippen molar-refractivity contribution >= 4 is 28.2 Å². The number of esters is 1. The number of rotatable bonds is 5. The molecule has 5 nitrogen and oxygen atoms in total. The molecule has 0 spiro atoms. The van der Waals surface area contributed by atoms with Crippen molar-refractivity contribution in [3.05, 3.63) is 16.5 Å². The van der Waals surface area contributed by atoms with E-state index in [4.69, 9.17) is 4.74 Å². The third-order valence-electron chi connectivity index (χ3n) is 3.29. The van der Waals surface area contributed by atoms with E-state index in [-0.39, 0.29) is 17.8 Å².